The van der Waals surface area contributed by atoms with Crippen molar-refractivity contribution in [2.45, 2.75) is 46.3 Å². The van der Waals surface area contributed by atoms with E-state index in [-0.39, 0.29) is 22.9 Å². The molecule has 3 heteroatoms. The number of rotatable bonds is 5. The molecule has 0 aromatic heterocycles. The van der Waals surface area contributed by atoms with Gasteiger partial charge in [-0.2, -0.15) is 0 Å². The van der Waals surface area contributed by atoms with Crippen molar-refractivity contribution in [2.24, 2.45) is 11.3 Å². The molecule has 0 fully saturated rings. The van der Waals surface area contributed by atoms with Crippen LogP contribution in [0.1, 0.15) is 26.7 Å². The lowest BCUT2D eigenvalue weighted by molar-refractivity contribution is -0.124. The first-order chi connectivity index (χ1) is 8.14. The van der Waals surface area contributed by atoms with E-state index in [1.165, 1.54) is 0 Å². The number of allylic oxidation sites excluding steroid dienone is 3. The van der Waals surface area contributed by atoms with Crippen molar-refractivity contribution in [2.75, 3.05) is 0 Å². The lowest BCUT2D eigenvalue weighted by atomic mass is 9.77. The van der Waals surface area contributed by atoms with Gasteiger partial charge in [0.05, 0.1) is 8.07 Å². The number of hydrogen-bond donors (Lipinski definition) is 0. The SMILES string of the molecule is CC(CC1(C)CC=CC1=O)C(=O)/C=C/[Si](C)(C)C. The molecule has 2 unspecified atom stereocenters. The van der Waals surface area contributed by atoms with E-state index in [2.05, 4.69) is 25.3 Å². The van der Waals surface area contributed by atoms with Crippen LogP contribution in [0.5, 0.6) is 0 Å². The summed E-state index contributed by atoms with van der Waals surface area (Å²) in [7, 11) is -1.32. The van der Waals surface area contributed by atoms with Crippen molar-refractivity contribution in [3.05, 3.63) is 23.9 Å². The van der Waals surface area contributed by atoms with Crippen LogP contribution in [-0.4, -0.2) is 19.6 Å². The first-order valence-corrected chi connectivity index (χ1v) is 10.2. The Balaban J connectivity index is 2.61. The zero-order chi connectivity index (χ0) is 14.0. The highest BCUT2D eigenvalue weighted by Crippen LogP contribution is 2.36. The van der Waals surface area contributed by atoms with Crippen LogP contribution in [0.2, 0.25) is 19.6 Å². The number of hydrogen-bond acceptors (Lipinski definition) is 2. The molecule has 0 aromatic rings. The predicted octanol–water partition coefficient (Wildman–Crippen LogP) is 3.55. The topological polar surface area (TPSA) is 34.1 Å². The molecule has 0 aromatic carbocycles. The van der Waals surface area contributed by atoms with E-state index in [1.54, 1.807) is 12.2 Å². The minimum atomic E-state index is -1.32. The minimum Gasteiger partial charge on any atom is -0.295 e. The molecule has 0 aliphatic heterocycles. The Morgan fingerprint density at radius 1 is 1.50 bits per heavy atom. The van der Waals surface area contributed by atoms with Crippen molar-refractivity contribution in [3.8, 4) is 0 Å². The molecule has 0 bridgehead atoms. The highest BCUT2D eigenvalue weighted by Gasteiger charge is 2.36. The second kappa shape index (κ2) is 5.35. The Morgan fingerprint density at radius 2 is 2.11 bits per heavy atom. The van der Waals surface area contributed by atoms with Gasteiger partial charge in [-0.05, 0) is 25.0 Å². The Morgan fingerprint density at radius 3 is 2.56 bits per heavy atom. The molecule has 1 aliphatic carbocycles. The predicted molar refractivity (Wildman–Crippen MR) is 78.1 cm³/mol. The van der Waals surface area contributed by atoms with Gasteiger partial charge in [0.15, 0.2) is 11.6 Å². The van der Waals surface area contributed by atoms with Crippen LogP contribution in [0.4, 0.5) is 0 Å². The summed E-state index contributed by atoms with van der Waals surface area (Å²) in [4.78, 5) is 23.8. The summed E-state index contributed by atoms with van der Waals surface area (Å²) in [5.41, 5.74) is 1.71. The average molecular weight is 264 g/mol. The average Bonchev–Trinajstić information content (AvgIpc) is 2.54. The van der Waals surface area contributed by atoms with Crippen LogP contribution in [-0.2, 0) is 9.59 Å². The fourth-order valence-corrected chi connectivity index (χ4v) is 2.85. The molecule has 1 aliphatic rings. The normalized spacial score (nSPS) is 25.9. The third-order valence-corrected chi connectivity index (χ3v) is 4.59. The molecule has 2 atom stereocenters. The van der Waals surface area contributed by atoms with Gasteiger partial charge < -0.3 is 0 Å². The highest BCUT2D eigenvalue weighted by molar-refractivity contribution is 6.81. The van der Waals surface area contributed by atoms with Crippen LogP contribution < -0.4 is 0 Å². The fourth-order valence-electron chi connectivity index (χ4n) is 2.18. The number of carbonyl (C=O) groups is 2. The molecular formula is C15H24O2Si. The van der Waals surface area contributed by atoms with Crippen LogP contribution in [0.25, 0.3) is 0 Å². The monoisotopic (exact) mass is 264 g/mol. The molecule has 0 radical (unpaired) electrons. The van der Waals surface area contributed by atoms with E-state index in [9.17, 15) is 9.59 Å². The van der Waals surface area contributed by atoms with Crippen molar-refractivity contribution in [3.63, 3.8) is 0 Å². The van der Waals surface area contributed by atoms with Gasteiger partial charge in [-0.25, -0.2) is 0 Å². The third-order valence-electron chi connectivity index (χ3n) is 3.42. The Kier molecular flexibility index (Phi) is 4.49. The summed E-state index contributed by atoms with van der Waals surface area (Å²) >= 11 is 0. The van der Waals surface area contributed by atoms with Crippen LogP contribution >= 0.6 is 0 Å². The molecule has 0 saturated carbocycles. The second-order valence-corrected chi connectivity index (χ2v) is 11.8. The molecule has 0 spiro atoms. The molecule has 100 valence electrons. The maximum atomic E-state index is 12.0. The van der Waals surface area contributed by atoms with Gasteiger partial charge in [0, 0.05) is 11.3 Å². The van der Waals surface area contributed by atoms with Gasteiger partial charge in [0.2, 0.25) is 0 Å². The van der Waals surface area contributed by atoms with Gasteiger partial charge >= 0.3 is 0 Å². The first kappa shape index (κ1) is 15.1. The van der Waals surface area contributed by atoms with Gasteiger partial charge in [-0.3, -0.25) is 9.59 Å². The van der Waals surface area contributed by atoms with E-state index in [0.29, 0.717) is 6.42 Å². The Labute approximate surface area is 111 Å². The molecule has 0 N–H and O–H groups in total. The van der Waals surface area contributed by atoms with Crippen molar-refractivity contribution >= 4 is 19.6 Å². The van der Waals surface area contributed by atoms with Crippen molar-refractivity contribution in [1.29, 1.82) is 0 Å². The number of ketones is 2. The lowest BCUT2D eigenvalue weighted by Crippen LogP contribution is -2.27. The highest BCUT2D eigenvalue weighted by atomic mass is 28.3. The summed E-state index contributed by atoms with van der Waals surface area (Å²) in [6.45, 7) is 10.5. The molecule has 0 amide bonds. The minimum absolute atomic E-state index is 0.0774. The standard InChI is InChI=1S/C15H24O2Si/c1-12(13(16)8-10-18(3,4)5)11-15(2)9-6-7-14(15)17/h6-8,10,12H,9,11H2,1-5H3/b10-8+. The smallest absolute Gasteiger partial charge is 0.161 e. The Hall–Kier alpha value is -0.963. The molecule has 0 heterocycles. The molecule has 0 saturated heterocycles. The van der Waals surface area contributed by atoms with E-state index in [0.717, 1.165) is 6.42 Å². The summed E-state index contributed by atoms with van der Waals surface area (Å²) < 4.78 is 0. The number of carbonyl (C=O) groups excluding carboxylic acids is 2. The summed E-state index contributed by atoms with van der Waals surface area (Å²) in [5, 5.41) is 0. The zero-order valence-corrected chi connectivity index (χ0v) is 13.1. The quantitative estimate of drug-likeness (QED) is 0.562. The fraction of sp³-hybridized carbons (Fsp3) is 0.600. The zero-order valence-electron chi connectivity index (χ0n) is 12.1. The van der Waals surface area contributed by atoms with E-state index < -0.39 is 8.07 Å². The van der Waals surface area contributed by atoms with Crippen LogP contribution in [0, 0.1) is 11.3 Å². The van der Waals surface area contributed by atoms with Gasteiger partial charge in [0.1, 0.15) is 0 Å². The van der Waals surface area contributed by atoms with Crippen LogP contribution in [0.15, 0.2) is 23.9 Å². The molecule has 2 nitrogen and oxygen atoms in total. The van der Waals surface area contributed by atoms with E-state index >= 15 is 0 Å². The molecular weight excluding hydrogens is 240 g/mol. The molecule has 18 heavy (non-hydrogen) atoms. The maximum absolute atomic E-state index is 12.0. The van der Waals surface area contributed by atoms with Gasteiger partial charge in [-0.1, -0.05) is 45.3 Å². The summed E-state index contributed by atoms with van der Waals surface area (Å²) in [6.07, 6.45) is 6.70. The summed E-state index contributed by atoms with van der Waals surface area (Å²) in [6, 6.07) is 0. The van der Waals surface area contributed by atoms with Crippen molar-refractivity contribution < 1.29 is 9.59 Å². The molecule has 1 rings (SSSR count). The van der Waals surface area contributed by atoms with Gasteiger partial charge in [0.25, 0.3) is 0 Å². The van der Waals surface area contributed by atoms with Gasteiger partial charge in [-0.15, -0.1) is 0 Å². The van der Waals surface area contributed by atoms with Crippen LogP contribution in [0.3, 0.4) is 0 Å². The Bertz CT molecular complexity index is 401. The van der Waals surface area contributed by atoms with E-state index in [1.807, 2.05) is 19.9 Å². The van der Waals surface area contributed by atoms with Crippen molar-refractivity contribution in [1.82, 2.24) is 0 Å². The maximum Gasteiger partial charge on any atom is 0.161 e. The first-order valence-electron chi connectivity index (χ1n) is 6.58. The largest absolute Gasteiger partial charge is 0.295 e. The van der Waals surface area contributed by atoms with E-state index in [4.69, 9.17) is 0 Å². The third kappa shape index (κ3) is 4.05. The second-order valence-electron chi connectivity index (χ2n) is 6.74. The lowest BCUT2D eigenvalue weighted by Gasteiger charge is -2.24. The summed E-state index contributed by atoms with van der Waals surface area (Å²) in [5.74, 6) is 0.237.